The Bertz CT molecular complexity index is 345. The summed E-state index contributed by atoms with van der Waals surface area (Å²) >= 11 is 0. The topological polar surface area (TPSA) is 40.5 Å². The van der Waals surface area contributed by atoms with Crippen molar-refractivity contribution in [3.05, 3.63) is 29.3 Å². The Morgan fingerprint density at radius 3 is 2.50 bits per heavy atom. The van der Waals surface area contributed by atoms with Gasteiger partial charge >= 0.3 is 0 Å². The first-order valence-corrected chi connectivity index (χ1v) is 4.48. The van der Waals surface area contributed by atoms with Gasteiger partial charge in [-0.25, -0.2) is 0 Å². The molecular weight excluding hydrogens is 178 g/mol. The minimum absolute atomic E-state index is 0.0665. The van der Waals surface area contributed by atoms with Crippen LogP contribution in [0, 0.1) is 0 Å². The van der Waals surface area contributed by atoms with Crippen molar-refractivity contribution in [2.24, 2.45) is 0 Å². The van der Waals surface area contributed by atoms with Gasteiger partial charge in [0.1, 0.15) is 5.75 Å². The van der Waals surface area contributed by atoms with E-state index in [1.54, 1.807) is 12.1 Å². The molecule has 3 heteroatoms. The van der Waals surface area contributed by atoms with Crippen LogP contribution in [0.4, 0.5) is 0 Å². The van der Waals surface area contributed by atoms with E-state index in [0.29, 0.717) is 5.56 Å². The second-order valence-electron chi connectivity index (χ2n) is 3.65. The lowest BCUT2D eigenvalue weighted by Gasteiger charge is -2.10. The van der Waals surface area contributed by atoms with Crippen LogP contribution in [0.2, 0.25) is 0 Å². The van der Waals surface area contributed by atoms with Crippen LogP contribution in [0.3, 0.4) is 0 Å². The van der Waals surface area contributed by atoms with Gasteiger partial charge in [-0.15, -0.1) is 0 Å². The first-order valence-electron chi connectivity index (χ1n) is 4.48. The molecule has 0 aromatic heterocycles. The monoisotopic (exact) mass is 193 g/mol. The third kappa shape index (κ3) is 2.57. The summed E-state index contributed by atoms with van der Waals surface area (Å²) in [4.78, 5) is 13.0. The third-order valence-electron chi connectivity index (χ3n) is 1.94. The smallest absolute Gasteiger partial charge is 0.163 e. The summed E-state index contributed by atoms with van der Waals surface area (Å²) in [6.07, 6.45) is 0. The molecule has 1 N–H and O–H groups in total. The van der Waals surface area contributed by atoms with E-state index < -0.39 is 0 Å². The molecule has 0 spiro atoms. The van der Waals surface area contributed by atoms with Crippen molar-refractivity contribution in [2.45, 2.75) is 13.5 Å². The Labute approximate surface area is 84.0 Å². The Balaban J connectivity index is 2.94. The summed E-state index contributed by atoms with van der Waals surface area (Å²) in [5.41, 5.74) is 1.38. The molecule has 1 aromatic carbocycles. The number of phenols is 1. The zero-order valence-electron chi connectivity index (χ0n) is 8.74. The number of Topliss-reactive ketones (excluding diaryl/α,β-unsaturated/α-hetero) is 1. The van der Waals surface area contributed by atoms with Crippen molar-refractivity contribution >= 4 is 5.78 Å². The molecule has 0 fully saturated rings. The first kappa shape index (κ1) is 10.7. The molecule has 0 amide bonds. The van der Waals surface area contributed by atoms with Gasteiger partial charge in [0.2, 0.25) is 0 Å². The third-order valence-corrected chi connectivity index (χ3v) is 1.94. The maximum atomic E-state index is 11.0. The quantitative estimate of drug-likeness (QED) is 0.742. The van der Waals surface area contributed by atoms with Crippen molar-refractivity contribution in [2.75, 3.05) is 14.1 Å². The molecular formula is C11H15NO2. The number of hydrogen-bond acceptors (Lipinski definition) is 3. The predicted molar refractivity (Wildman–Crippen MR) is 55.5 cm³/mol. The predicted octanol–water partition coefficient (Wildman–Crippen LogP) is 1.66. The normalized spacial score (nSPS) is 10.6. The number of phenolic OH excluding ortho intramolecular Hbond substituents is 1. The summed E-state index contributed by atoms with van der Waals surface area (Å²) in [6, 6.07) is 5.16. The van der Waals surface area contributed by atoms with Crippen LogP contribution in [0.15, 0.2) is 18.2 Å². The summed E-state index contributed by atoms with van der Waals surface area (Å²) in [7, 11) is 3.91. The fraction of sp³-hybridized carbons (Fsp3) is 0.364. The van der Waals surface area contributed by atoms with E-state index in [2.05, 4.69) is 0 Å². The molecule has 0 heterocycles. The van der Waals surface area contributed by atoms with E-state index >= 15 is 0 Å². The van der Waals surface area contributed by atoms with Crippen LogP contribution >= 0.6 is 0 Å². The van der Waals surface area contributed by atoms with Crippen LogP contribution in [0.1, 0.15) is 22.8 Å². The van der Waals surface area contributed by atoms with Gasteiger partial charge in [-0.2, -0.15) is 0 Å². The van der Waals surface area contributed by atoms with Crippen molar-refractivity contribution in [1.82, 2.24) is 4.90 Å². The molecule has 3 nitrogen and oxygen atoms in total. The van der Waals surface area contributed by atoms with E-state index in [9.17, 15) is 9.90 Å². The lowest BCUT2D eigenvalue weighted by atomic mass is 10.1. The van der Waals surface area contributed by atoms with E-state index in [-0.39, 0.29) is 11.5 Å². The van der Waals surface area contributed by atoms with Crippen LogP contribution in [0.25, 0.3) is 0 Å². The number of ketones is 1. The molecule has 0 aliphatic carbocycles. The van der Waals surface area contributed by atoms with Gasteiger partial charge in [-0.3, -0.25) is 4.79 Å². The molecule has 0 atom stereocenters. The lowest BCUT2D eigenvalue weighted by molar-refractivity contribution is 0.101. The molecule has 1 rings (SSSR count). The van der Waals surface area contributed by atoms with Crippen molar-refractivity contribution < 1.29 is 9.90 Å². The van der Waals surface area contributed by atoms with E-state index in [4.69, 9.17) is 0 Å². The van der Waals surface area contributed by atoms with Crippen LogP contribution in [-0.2, 0) is 6.54 Å². The Morgan fingerprint density at radius 2 is 2.07 bits per heavy atom. The molecule has 1 aromatic rings. The second-order valence-corrected chi connectivity index (χ2v) is 3.65. The van der Waals surface area contributed by atoms with Crippen LogP contribution < -0.4 is 0 Å². The summed E-state index contributed by atoms with van der Waals surface area (Å²) < 4.78 is 0. The first-order chi connectivity index (χ1) is 6.50. The maximum Gasteiger partial charge on any atom is 0.163 e. The highest BCUT2D eigenvalue weighted by molar-refractivity contribution is 5.96. The molecule has 0 aliphatic heterocycles. The minimum atomic E-state index is -0.112. The molecule has 0 saturated carbocycles. The number of nitrogens with zero attached hydrogens (tertiary/aromatic N) is 1. The summed E-state index contributed by atoms with van der Waals surface area (Å²) in [6.45, 7) is 2.20. The highest BCUT2D eigenvalue weighted by atomic mass is 16.3. The zero-order chi connectivity index (χ0) is 10.7. The number of benzene rings is 1. The molecule has 0 saturated heterocycles. The van der Waals surface area contributed by atoms with Gasteiger partial charge in [0.25, 0.3) is 0 Å². The minimum Gasteiger partial charge on any atom is -0.507 e. The Hall–Kier alpha value is -1.35. The largest absolute Gasteiger partial charge is 0.507 e. The SMILES string of the molecule is CC(=O)c1ccc(CN(C)C)cc1O. The van der Waals surface area contributed by atoms with Crippen LogP contribution in [-0.4, -0.2) is 29.9 Å². The second kappa shape index (κ2) is 4.24. The van der Waals surface area contributed by atoms with Gasteiger partial charge < -0.3 is 10.0 Å². The fourth-order valence-electron chi connectivity index (χ4n) is 1.34. The number of hydrogen-bond donors (Lipinski definition) is 1. The van der Waals surface area contributed by atoms with Crippen molar-refractivity contribution in [1.29, 1.82) is 0 Å². The number of rotatable bonds is 3. The fourth-order valence-corrected chi connectivity index (χ4v) is 1.34. The average Bonchev–Trinajstić information content (AvgIpc) is 2.01. The van der Waals surface area contributed by atoms with E-state index in [0.717, 1.165) is 12.1 Å². The number of carbonyl (C=O) groups excluding carboxylic acids is 1. The molecule has 0 bridgehead atoms. The van der Waals surface area contributed by atoms with Gasteiger partial charge in [0.05, 0.1) is 5.56 Å². The summed E-state index contributed by atoms with van der Waals surface area (Å²) in [5, 5.41) is 9.54. The molecule has 0 unspecified atom stereocenters. The molecule has 0 aliphatic rings. The standard InChI is InChI=1S/C11H15NO2/c1-8(13)10-5-4-9(6-11(10)14)7-12(2)3/h4-6,14H,7H2,1-3H3. The van der Waals surface area contributed by atoms with Crippen LogP contribution in [0.5, 0.6) is 5.75 Å². The van der Waals surface area contributed by atoms with E-state index in [1.165, 1.54) is 6.92 Å². The molecule has 76 valence electrons. The highest BCUT2D eigenvalue weighted by Gasteiger charge is 2.06. The number of aromatic hydroxyl groups is 1. The van der Waals surface area contributed by atoms with Crippen molar-refractivity contribution in [3.8, 4) is 5.75 Å². The lowest BCUT2D eigenvalue weighted by Crippen LogP contribution is -2.10. The van der Waals surface area contributed by atoms with Crippen molar-refractivity contribution in [3.63, 3.8) is 0 Å². The Morgan fingerprint density at radius 1 is 1.43 bits per heavy atom. The summed E-state index contributed by atoms with van der Waals surface area (Å²) in [5.74, 6) is -0.0456. The van der Waals surface area contributed by atoms with Gasteiger partial charge in [0, 0.05) is 6.54 Å². The highest BCUT2D eigenvalue weighted by Crippen LogP contribution is 2.19. The zero-order valence-corrected chi connectivity index (χ0v) is 8.74. The van der Waals surface area contributed by atoms with E-state index in [1.807, 2.05) is 25.1 Å². The number of carbonyl (C=O) groups is 1. The van der Waals surface area contributed by atoms with Gasteiger partial charge in [-0.1, -0.05) is 6.07 Å². The average molecular weight is 193 g/mol. The maximum absolute atomic E-state index is 11.0. The Kier molecular flexibility index (Phi) is 3.25. The van der Waals surface area contributed by atoms with Gasteiger partial charge in [0.15, 0.2) is 5.78 Å². The molecule has 0 radical (unpaired) electrons. The molecule has 14 heavy (non-hydrogen) atoms. The van der Waals surface area contributed by atoms with Gasteiger partial charge in [-0.05, 0) is 38.7 Å².